The Morgan fingerprint density at radius 3 is 2.27 bits per heavy atom. The molecule has 0 spiro atoms. The Hall–Kier alpha value is -3.83. The summed E-state index contributed by atoms with van der Waals surface area (Å²) in [4.78, 5) is 65.7. The second kappa shape index (κ2) is 19.4. The van der Waals surface area contributed by atoms with Gasteiger partial charge in [0, 0.05) is 25.1 Å². The summed E-state index contributed by atoms with van der Waals surface area (Å²) in [6.07, 6.45) is 4.17. The van der Waals surface area contributed by atoms with Gasteiger partial charge >= 0.3 is 12.1 Å². The monoisotopic (exact) mass is 620 g/mol. The van der Waals surface area contributed by atoms with Gasteiger partial charge in [-0.3, -0.25) is 19.2 Å². The number of carbonyl (C=O) groups excluding carboxylic acids is 5. The van der Waals surface area contributed by atoms with E-state index in [2.05, 4.69) is 17.6 Å². The Bertz CT molecular complexity index is 1100. The first-order valence-electron chi connectivity index (χ1n) is 15.5. The maximum atomic E-state index is 14.3. The molecule has 0 aliphatic heterocycles. The molecule has 0 fully saturated rings. The number of primary amides is 1. The van der Waals surface area contributed by atoms with E-state index in [1.54, 1.807) is 52.8 Å². The van der Waals surface area contributed by atoms with E-state index in [4.69, 9.17) is 15.2 Å². The summed E-state index contributed by atoms with van der Waals surface area (Å²) in [5, 5.41) is 16.3. The molecule has 1 rings (SSSR count). The Balaban J connectivity index is 3.54. The highest BCUT2D eigenvalue weighted by atomic mass is 16.6. The molecule has 0 aliphatic rings. The number of phenolic OH excluding ortho intramolecular Hbond substituents is 1. The molecule has 1 aromatic carbocycles. The third-order valence-electron chi connectivity index (χ3n) is 6.76. The minimum Gasteiger partial charge on any atom is -0.507 e. The van der Waals surface area contributed by atoms with Gasteiger partial charge in [-0.25, -0.2) is 4.79 Å². The topological polar surface area (TPSA) is 177 Å². The molecule has 2 unspecified atom stereocenters. The zero-order valence-corrected chi connectivity index (χ0v) is 27.2. The lowest BCUT2D eigenvalue weighted by Gasteiger charge is -2.35. The number of hydrogen-bond acceptors (Lipinski definition) is 8. The van der Waals surface area contributed by atoms with E-state index in [0.29, 0.717) is 12.0 Å². The average Bonchev–Trinajstić information content (AvgIpc) is 2.93. The highest BCUT2D eigenvalue weighted by Crippen LogP contribution is 2.33. The van der Waals surface area contributed by atoms with E-state index in [1.807, 2.05) is 0 Å². The predicted molar refractivity (Wildman–Crippen MR) is 167 cm³/mol. The molecular weight excluding hydrogens is 568 g/mol. The fourth-order valence-corrected chi connectivity index (χ4v) is 4.59. The third kappa shape index (κ3) is 14.1. The Labute approximate surface area is 261 Å². The van der Waals surface area contributed by atoms with Gasteiger partial charge in [-0.15, -0.1) is 0 Å². The molecular formula is C32H52N4O8. The number of carbonyl (C=O) groups is 5. The Morgan fingerprint density at radius 2 is 1.66 bits per heavy atom. The Kier molecular flexibility index (Phi) is 16.9. The molecule has 0 saturated heterocycles. The number of ether oxygens (including phenoxy) is 2. The second-order valence-electron chi connectivity index (χ2n) is 11.8. The van der Waals surface area contributed by atoms with Crippen molar-refractivity contribution in [3.63, 3.8) is 0 Å². The number of hydrogen-bond donors (Lipinski definition) is 4. The minimum atomic E-state index is -1.31. The van der Waals surface area contributed by atoms with Crippen LogP contribution in [-0.2, 0) is 28.7 Å². The molecule has 0 aliphatic carbocycles. The van der Waals surface area contributed by atoms with Crippen molar-refractivity contribution in [3.8, 4) is 5.75 Å². The molecule has 4 amide bonds. The summed E-state index contributed by atoms with van der Waals surface area (Å²) in [6, 6.07) is 2.34. The molecule has 0 heterocycles. The van der Waals surface area contributed by atoms with Crippen LogP contribution in [-0.4, -0.2) is 71.1 Å². The van der Waals surface area contributed by atoms with Crippen molar-refractivity contribution in [1.29, 1.82) is 0 Å². The van der Waals surface area contributed by atoms with Gasteiger partial charge in [0.05, 0.1) is 13.0 Å². The smallest absolute Gasteiger partial charge is 0.408 e. The fraction of sp³-hybridized carbons (Fsp3) is 0.656. The van der Waals surface area contributed by atoms with Crippen LogP contribution in [0.15, 0.2) is 18.2 Å². The van der Waals surface area contributed by atoms with Gasteiger partial charge < -0.3 is 35.8 Å². The number of aromatic hydroxyl groups is 1. The van der Waals surface area contributed by atoms with E-state index >= 15 is 0 Å². The van der Waals surface area contributed by atoms with Gasteiger partial charge in [0.1, 0.15) is 23.4 Å². The van der Waals surface area contributed by atoms with Gasteiger partial charge in [0.15, 0.2) is 0 Å². The molecule has 2 atom stereocenters. The summed E-state index contributed by atoms with van der Waals surface area (Å²) in [7, 11) is 0. The van der Waals surface area contributed by atoms with Crippen molar-refractivity contribution in [1.82, 2.24) is 15.5 Å². The molecule has 0 radical (unpaired) electrons. The molecule has 1 aromatic rings. The lowest BCUT2D eigenvalue weighted by Crippen LogP contribution is -2.53. The molecule has 5 N–H and O–H groups in total. The molecule has 0 aromatic heterocycles. The first-order valence-corrected chi connectivity index (χ1v) is 15.5. The predicted octanol–water partition coefficient (Wildman–Crippen LogP) is 4.16. The summed E-state index contributed by atoms with van der Waals surface area (Å²) >= 11 is 0. The largest absolute Gasteiger partial charge is 0.507 e. The van der Waals surface area contributed by atoms with Gasteiger partial charge in [-0.2, -0.15) is 0 Å². The van der Waals surface area contributed by atoms with Crippen LogP contribution < -0.4 is 16.4 Å². The number of amides is 4. The summed E-state index contributed by atoms with van der Waals surface area (Å²) in [5.41, 5.74) is 5.21. The number of benzene rings is 1. The van der Waals surface area contributed by atoms with Crippen molar-refractivity contribution < 1.29 is 38.6 Å². The number of esters is 1. The number of nitrogens with two attached hydrogens (primary N) is 1. The van der Waals surface area contributed by atoms with Crippen LogP contribution >= 0.6 is 0 Å². The Morgan fingerprint density at radius 1 is 1.00 bits per heavy atom. The fourth-order valence-electron chi connectivity index (χ4n) is 4.59. The standard InChI is InChI=1S/C32H52N4O8/c1-7-9-10-11-12-13-21-36(30(41)24(17-18-25(33)37)35-31(42)44-32(4,5)6)27(23-16-14-15-22(3)28(23)39)29(40)34-20-19-26(38)43-8-2/h14-16,24,27,39H,7-13,17-21H2,1-6H3,(H2,33,37)(H,34,40)(H,35,42). The number of phenols is 1. The molecule has 44 heavy (non-hydrogen) atoms. The number of rotatable bonds is 19. The first kappa shape index (κ1) is 38.2. The number of para-hydroxylation sites is 1. The molecule has 12 nitrogen and oxygen atoms in total. The summed E-state index contributed by atoms with van der Waals surface area (Å²) < 4.78 is 10.3. The number of alkyl carbamates (subject to hydrolysis) is 1. The quantitative estimate of drug-likeness (QED) is 0.132. The number of unbranched alkanes of at least 4 members (excludes halogenated alkanes) is 5. The van der Waals surface area contributed by atoms with Crippen molar-refractivity contribution in [3.05, 3.63) is 29.3 Å². The van der Waals surface area contributed by atoms with E-state index in [9.17, 15) is 29.1 Å². The number of nitrogens with one attached hydrogen (secondary N) is 2. The van der Waals surface area contributed by atoms with Crippen molar-refractivity contribution in [2.24, 2.45) is 5.73 Å². The van der Waals surface area contributed by atoms with Gasteiger partial charge in [0.2, 0.25) is 17.7 Å². The van der Waals surface area contributed by atoms with Crippen molar-refractivity contribution >= 4 is 29.8 Å². The zero-order valence-electron chi connectivity index (χ0n) is 27.2. The van der Waals surface area contributed by atoms with E-state index in [-0.39, 0.29) is 50.3 Å². The van der Waals surface area contributed by atoms with Crippen LogP contribution in [0.3, 0.4) is 0 Å². The first-order chi connectivity index (χ1) is 20.7. The highest BCUT2D eigenvalue weighted by Gasteiger charge is 2.37. The van der Waals surface area contributed by atoms with Crippen LogP contribution in [0.4, 0.5) is 4.79 Å². The normalized spacial score (nSPS) is 12.5. The van der Waals surface area contributed by atoms with Crippen LogP contribution in [0.2, 0.25) is 0 Å². The lowest BCUT2D eigenvalue weighted by molar-refractivity contribution is -0.144. The van der Waals surface area contributed by atoms with E-state index < -0.39 is 47.5 Å². The summed E-state index contributed by atoms with van der Waals surface area (Å²) in [6.45, 7) is 10.8. The average molecular weight is 621 g/mol. The highest BCUT2D eigenvalue weighted by molar-refractivity contribution is 5.93. The molecule has 12 heteroatoms. The van der Waals surface area contributed by atoms with Crippen LogP contribution in [0.25, 0.3) is 0 Å². The maximum absolute atomic E-state index is 14.3. The second-order valence-corrected chi connectivity index (χ2v) is 11.8. The van der Waals surface area contributed by atoms with Gasteiger partial charge in [-0.05, 0) is 53.0 Å². The SMILES string of the molecule is CCCCCCCCN(C(=O)C(CCC(N)=O)NC(=O)OC(C)(C)C)C(C(=O)NCCC(=O)OCC)c1cccc(C)c1O. The molecule has 0 saturated carbocycles. The maximum Gasteiger partial charge on any atom is 0.408 e. The van der Waals surface area contributed by atoms with Crippen LogP contribution in [0.1, 0.15) is 110 Å². The van der Waals surface area contributed by atoms with Crippen LogP contribution in [0, 0.1) is 6.92 Å². The van der Waals surface area contributed by atoms with Crippen LogP contribution in [0.5, 0.6) is 5.75 Å². The lowest BCUT2D eigenvalue weighted by atomic mass is 9.98. The van der Waals surface area contributed by atoms with Gasteiger partial charge in [0.25, 0.3) is 0 Å². The summed E-state index contributed by atoms with van der Waals surface area (Å²) in [5.74, 6) is -2.58. The van der Waals surface area contributed by atoms with E-state index in [1.165, 1.54) is 4.90 Å². The van der Waals surface area contributed by atoms with Crippen molar-refractivity contribution in [2.75, 3.05) is 19.7 Å². The molecule has 248 valence electrons. The number of aryl methyl sites for hydroxylation is 1. The minimum absolute atomic E-state index is 0.0545. The van der Waals surface area contributed by atoms with Crippen molar-refractivity contribution in [2.45, 2.75) is 117 Å². The molecule has 0 bridgehead atoms. The van der Waals surface area contributed by atoms with E-state index in [0.717, 1.165) is 32.1 Å². The number of nitrogens with zero attached hydrogens (tertiary/aromatic N) is 1. The zero-order chi connectivity index (χ0) is 33.3. The van der Waals surface area contributed by atoms with Gasteiger partial charge in [-0.1, -0.05) is 57.2 Å². The third-order valence-corrected chi connectivity index (χ3v) is 6.76.